The van der Waals surface area contributed by atoms with E-state index in [0.717, 1.165) is 12.1 Å². The molecule has 0 unspecified atom stereocenters. The fourth-order valence-electron chi connectivity index (χ4n) is 1.77. The maximum atomic E-state index is 12.9. The molecule has 0 aliphatic rings. The van der Waals surface area contributed by atoms with Crippen LogP contribution in [-0.4, -0.2) is 25.7 Å². The summed E-state index contributed by atoms with van der Waals surface area (Å²) in [5, 5.41) is 13.9. The average Bonchev–Trinajstić information content (AvgIpc) is 2.53. The van der Waals surface area contributed by atoms with E-state index in [0.29, 0.717) is 26.2 Å². The first-order valence-corrected chi connectivity index (χ1v) is 7.29. The van der Waals surface area contributed by atoms with Gasteiger partial charge in [0.15, 0.2) is 0 Å². The number of nitrogens with one attached hydrogen (secondary N) is 2. The Kier molecular flexibility index (Phi) is 7.79. The summed E-state index contributed by atoms with van der Waals surface area (Å²) >= 11 is 0. The van der Waals surface area contributed by atoms with Crippen LogP contribution < -0.4 is 10.6 Å². The number of hydrogen-bond acceptors (Lipinski definition) is 4. The van der Waals surface area contributed by atoms with Gasteiger partial charge in [-0.2, -0.15) is 18.4 Å². The number of anilines is 1. The molecule has 0 aliphatic heterocycles. The van der Waals surface area contributed by atoms with Crippen LogP contribution in [0.2, 0.25) is 0 Å². The third-order valence-electron chi connectivity index (χ3n) is 2.91. The van der Waals surface area contributed by atoms with Gasteiger partial charge in [-0.1, -0.05) is 12.1 Å². The molecule has 0 saturated heterocycles. The van der Waals surface area contributed by atoms with Gasteiger partial charge in [0, 0.05) is 26.0 Å². The molecule has 1 rings (SSSR count). The maximum Gasteiger partial charge on any atom is 0.418 e. The molecule has 0 aliphatic carbocycles. The van der Waals surface area contributed by atoms with Crippen LogP contribution in [0.4, 0.5) is 18.9 Å². The highest BCUT2D eigenvalue weighted by molar-refractivity contribution is 6.06. The van der Waals surface area contributed by atoms with E-state index < -0.39 is 23.3 Å². The van der Waals surface area contributed by atoms with E-state index >= 15 is 0 Å². The molecule has 8 heteroatoms. The fraction of sp³-hybridized carbons (Fsp3) is 0.375. The molecule has 0 fully saturated rings. The Morgan fingerprint density at radius 1 is 1.38 bits per heavy atom. The summed E-state index contributed by atoms with van der Waals surface area (Å²) < 4.78 is 43.8. The third kappa shape index (κ3) is 6.30. The number of hydrogen-bond donors (Lipinski definition) is 2. The van der Waals surface area contributed by atoms with Gasteiger partial charge in [-0.25, -0.2) is 0 Å². The van der Waals surface area contributed by atoms with Crippen molar-refractivity contribution >= 4 is 11.6 Å². The van der Waals surface area contributed by atoms with Crippen LogP contribution in [0.5, 0.6) is 0 Å². The van der Waals surface area contributed by atoms with Crippen molar-refractivity contribution < 1.29 is 22.7 Å². The zero-order valence-electron chi connectivity index (χ0n) is 13.1. The van der Waals surface area contributed by atoms with Gasteiger partial charge >= 0.3 is 6.18 Å². The number of amides is 1. The van der Waals surface area contributed by atoms with E-state index in [2.05, 4.69) is 10.6 Å². The highest BCUT2D eigenvalue weighted by Crippen LogP contribution is 2.34. The van der Waals surface area contributed by atoms with E-state index in [1.54, 1.807) is 6.07 Å². The van der Waals surface area contributed by atoms with Crippen molar-refractivity contribution in [3.63, 3.8) is 0 Å². The molecular formula is C16H18F3N3O2. The Labute approximate surface area is 138 Å². The van der Waals surface area contributed by atoms with Crippen molar-refractivity contribution in [3.8, 4) is 6.07 Å². The number of benzene rings is 1. The summed E-state index contributed by atoms with van der Waals surface area (Å²) in [5.74, 6) is -0.911. The van der Waals surface area contributed by atoms with E-state index in [4.69, 9.17) is 10.00 Å². The Morgan fingerprint density at radius 3 is 2.71 bits per heavy atom. The van der Waals surface area contributed by atoms with Crippen LogP contribution in [0, 0.1) is 11.3 Å². The van der Waals surface area contributed by atoms with Crippen LogP contribution in [-0.2, 0) is 15.7 Å². The first-order chi connectivity index (χ1) is 11.4. The van der Waals surface area contributed by atoms with Gasteiger partial charge in [-0.05, 0) is 25.5 Å². The number of alkyl halides is 3. The molecule has 0 saturated carbocycles. The predicted octanol–water partition coefficient (Wildman–Crippen LogP) is 3.07. The topological polar surface area (TPSA) is 74.1 Å². The van der Waals surface area contributed by atoms with Crippen molar-refractivity contribution in [1.29, 1.82) is 5.26 Å². The molecule has 2 N–H and O–H groups in total. The van der Waals surface area contributed by atoms with Crippen LogP contribution >= 0.6 is 0 Å². The van der Waals surface area contributed by atoms with Gasteiger partial charge in [0.25, 0.3) is 5.91 Å². The number of halogens is 3. The number of nitrogens with zero attached hydrogens (tertiary/aromatic N) is 1. The SMILES string of the molecule is CCOCCCN/C=C(/C#N)C(=O)Nc1ccccc1C(F)(F)F. The summed E-state index contributed by atoms with van der Waals surface area (Å²) in [6.45, 7) is 3.46. The molecule has 0 radical (unpaired) electrons. The van der Waals surface area contributed by atoms with Crippen molar-refractivity contribution in [1.82, 2.24) is 5.32 Å². The summed E-state index contributed by atoms with van der Waals surface area (Å²) in [7, 11) is 0. The Morgan fingerprint density at radius 2 is 2.08 bits per heavy atom. The highest BCUT2D eigenvalue weighted by atomic mass is 19.4. The smallest absolute Gasteiger partial charge is 0.390 e. The first-order valence-electron chi connectivity index (χ1n) is 7.29. The van der Waals surface area contributed by atoms with Gasteiger partial charge in [0.05, 0.1) is 11.3 Å². The Hall–Kier alpha value is -2.53. The second kappa shape index (κ2) is 9.57. The van der Waals surface area contributed by atoms with E-state index in [1.165, 1.54) is 18.3 Å². The van der Waals surface area contributed by atoms with Crippen LogP contribution in [0.1, 0.15) is 18.9 Å². The summed E-state index contributed by atoms with van der Waals surface area (Å²) in [4.78, 5) is 12.0. The predicted molar refractivity (Wildman–Crippen MR) is 82.9 cm³/mol. The number of carbonyl (C=O) groups is 1. The number of carbonyl (C=O) groups excluding carboxylic acids is 1. The second-order valence-electron chi connectivity index (χ2n) is 4.67. The number of ether oxygens (including phenoxy) is 1. The largest absolute Gasteiger partial charge is 0.418 e. The number of para-hydroxylation sites is 1. The van der Waals surface area contributed by atoms with Gasteiger partial charge < -0.3 is 15.4 Å². The van der Waals surface area contributed by atoms with E-state index in [9.17, 15) is 18.0 Å². The van der Waals surface area contributed by atoms with Gasteiger partial charge in [0.2, 0.25) is 0 Å². The molecule has 0 bridgehead atoms. The zero-order chi connectivity index (χ0) is 18.0. The molecule has 0 spiro atoms. The Bertz CT molecular complexity index is 622. The molecule has 0 aromatic heterocycles. The molecule has 5 nitrogen and oxygen atoms in total. The normalized spacial score (nSPS) is 11.7. The van der Waals surface area contributed by atoms with Crippen LogP contribution in [0.15, 0.2) is 36.0 Å². The molecule has 0 atom stereocenters. The molecule has 130 valence electrons. The maximum absolute atomic E-state index is 12.9. The zero-order valence-corrected chi connectivity index (χ0v) is 13.1. The van der Waals surface area contributed by atoms with E-state index in [-0.39, 0.29) is 5.57 Å². The molecule has 24 heavy (non-hydrogen) atoms. The lowest BCUT2D eigenvalue weighted by Gasteiger charge is -2.13. The Balaban J connectivity index is 2.70. The van der Waals surface area contributed by atoms with Gasteiger partial charge in [0.1, 0.15) is 11.6 Å². The molecule has 1 aromatic rings. The first kappa shape index (κ1) is 19.5. The summed E-state index contributed by atoms with van der Waals surface area (Å²) in [6.07, 6.45) is -2.75. The monoisotopic (exact) mass is 341 g/mol. The number of nitriles is 1. The van der Waals surface area contributed by atoms with E-state index in [1.807, 2.05) is 6.92 Å². The average molecular weight is 341 g/mol. The van der Waals surface area contributed by atoms with Crippen molar-refractivity contribution in [2.45, 2.75) is 19.5 Å². The standard InChI is InChI=1S/C16H18F3N3O2/c1-2-24-9-5-8-21-11-12(10-20)15(23)22-14-7-4-3-6-13(14)16(17,18)19/h3-4,6-7,11,21H,2,5,8-9H2,1H3,(H,22,23)/b12-11-. The minimum atomic E-state index is -4.60. The van der Waals surface area contributed by atoms with Crippen molar-refractivity contribution in [2.75, 3.05) is 25.1 Å². The summed E-state index contributed by atoms with van der Waals surface area (Å²) in [5.41, 5.74) is -1.68. The molecule has 0 heterocycles. The van der Waals surface area contributed by atoms with Gasteiger partial charge in [-0.3, -0.25) is 4.79 Å². The fourth-order valence-corrected chi connectivity index (χ4v) is 1.77. The second-order valence-corrected chi connectivity index (χ2v) is 4.67. The van der Waals surface area contributed by atoms with Crippen molar-refractivity contribution in [3.05, 3.63) is 41.6 Å². The molecular weight excluding hydrogens is 323 g/mol. The quantitative estimate of drug-likeness (QED) is 0.433. The lowest BCUT2D eigenvalue weighted by Crippen LogP contribution is -2.20. The molecule has 1 amide bonds. The summed E-state index contributed by atoms with van der Waals surface area (Å²) in [6, 6.07) is 6.23. The third-order valence-corrected chi connectivity index (χ3v) is 2.91. The van der Waals surface area contributed by atoms with Crippen LogP contribution in [0.25, 0.3) is 0 Å². The minimum Gasteiger partial charge on any atom is -0.390 e. The molecule has 1 aromatic carbocycles. The van der Waals surface area contributed by atoms with Crippen molar-refractivity contribution in [2.24, 2.45) is 0 Å². The lowest BCUT2D eigenvalue weighted by molar-refractivity contribution is -0.137. The lowest BCUT2D eigenvalue weighted by atomic mass is 10.1. The number of rotatable bonds is 8. The highest BCUT2D eigenvalue weighted by Gasteiger charge is 2.33. The minimum absolute atomic E-state index is 0.316. The van der Waals surface area contributed by atoms with Gasteiger partial charge in [-0.15, -0.1) is 0 Å². The van der Waals surface area contributed by atoms with Crippen LogP contribution in [0.3, 0.4) is 0 Å².